The number of imidazole rings is 1. The average Bonchev–Trinajstić information content (AvgIpc) is 3.43. The second-order valence-electron chi connectivity index (χ2n) is 6.77. The summed E-state index contributed by atoms with van der Waals surface area (Å²) in [5.41, 5.74) is 6.44. The maximum Gasteiger partial charge on any atom is 0.249 e. The minimum Gasteiger partial charge on any atom is -0.272 e. The van der Waals surface area contributed by atoms with Crippen LogP contribution in [0.2, 0.25) is 0 Å². The largest absolute Gasteiger partial charge is 0.272 e. The molecule has 0 spiro atoms. The van der Waals surface area contributed by atoms with Crippen molar-refractivity contribution in [3.63, 3.8) is 0 Å². The highest BCUT2D eigenvalue weighted by Crippen LogP contribution is 2.27. The smallest absolute Gasteiger partial charge is 0.249 e. The highest BCUT2D eigenvalue weighted by molar-refractivity contribution is 7.99. The highest BCUT2D eigenvalue weighted by atomic mass is 32.2. The van der Waals surface area contributed by atoms with Crippen molar-refractivity contribution in [1.82, 2.24) is 24.4 Å². The summed E-state index contributed by atoms with van der Waals surface area (Å²) in [5.74, 6) is 0.763. The molecule has 7 nitrogen and oxygen atoms in total. The Labute approximate surface area is 182 Å². The zero-order chi connectivity index (χ0) is 21.0. The molecule has 0 aliphatic carbocycles. The number of carbonyl (C=O) groups is 1. The van der Waals surface area contributed by atoms with Gasteiger partial charge in [0.05, 0.1) is 16.8 Å². The van der Waals surface area contributed by atoms with Crippen molar-refractivity contribution in [2.75, 3.05) is 11.2 Å². The van der Waals surface area contributed by atoms with Crippen LogP contribution in [0.4, 0.5) is 0 Å². The summed E-state index contributed by atoms with van der Waals surface area (Å²) in [5, 5.41) is 9.42. The van der Waals surface area contributed by atoms with Gasteiger partial charge in [-0.15, -0.1) is 10.2 Å². The SMILES string of the molecule is O=C(CSc1nnc(-c2ccccc2)n1-c1ccccc1)Nn1cnc2ccccc21. The molecule has 5 aromatic rings. The number of hydrogen-bond donors (Lipinski definition) is 1. The van der Waals surface area contributed by atoms with E-state index in [1.807, 2.05) is 89.5 Å². The van der Waals surface area contributed by atoms with Crippen molar-refractivity contribution in [3.05, 3.63) is 91.3 Å². The van der Waals surface area contributed by atoms with Crippen molar-refractivity contribution >= 4 is 28.7 Å². The Morgan fingerprint density at radius 2 is 1.58 bits per heavy atom. The second kappa shape index (κ2) is 8.45. The van der Waals surface area contributed by atoms with Gasteiger partial charge >= 0.3 is 0 Å². The number of aromatic nitrogens is 5. The molecule has 0 atom stereocenters. The molecule has 1 N–H and O–H groups in total. The number of para-hydroxylation sites is 3. The Balaban J connectivity index is 1.39. The Morgan fingerprint density at radius 1 is 0.871 bits per heavy atom. The monoisotopic (exact) mass is 426 g/mol. The van der Waals surface area contributed by atoms with Crippen LogP contribution >= 0.6 is 11.8 Å². The molecular formula is C23H18N6OS. The summed E-state index contributed by atoms with van der Waals surface area (Å²) < 4.78 is 3.61. The third-order valence-electron chi connectivity index (χ3n) is 4.71. The third-order valence-corrected chi connectivity index (χ3v) is 5.64. The van der Waals surface area contributed by atoms with E-state index in [1.54, 1.807) is 11.0 Å². The van der Waals surface area contributed by atoms with Crippen LogP contribution in [0.15, 0.2) is 96.4 Å². The fraction of sp³-hybridized carbons (Fsp3) is 0.0435. The zero-order valence-electron chi connectivity index (χ0n) is 16.4. The minimum atomic E-state index is -0.156. The van der Waals surface area contributed by atoms with Gasteiger partial charge in [0.25, 0.3) is 0 Å². The lowest BCUT2D eigenvalue weighted by molar-refractivity contribution is -0.114. The summed E-state index contributed by atoms with van der Waals surface area (Å²) in [4.78, 5) is 16.9. The van der Waals surface area contributed by atoms with Gasteiger partial charge < -0.3 is 0 Å². The fourth-order valence-corrected chi connectivity index (χ4v) is 4.04. The molecule has 0 saturated heterocycles. The number of hydrogen-bond acceptors (Lipinski definition) is 5. The third kappa shape index (κ3) is 3.93. The van der Waals surface area contributed by atoms with E-state index < -0.39 is 0 Å². The van der Waals surface area contributed by atoms with Crippen molar-refractivity contribution in [2.45, 2.75) is 5.16 Å². The van der Waals surface area contributed by atoms with E-state index in [1.165, 1.54) is 11.8 Å². The van der Waals surface area contributed by atoms with Gasteiger partial charge in [-0.1, -0.05) is 72.4 Å². The standard InChI is InChI=1S/C23H18N6OS/c30-21(27-28-16-24-19-13-7-8-14-20(19)28)15-31-23-26-25-22(17-9-3-1-4-10-17)29(23)18-11-5-2-6-12-18/h1-14,16H,15H2,(H,27,30). The molecule has 5 rings (SSSR count). The van der Waals surface area contributed by atoms with Gasteiger partial charge in [0, 0.05) is 11.3 Å². The lowest BCUT2D eigenvalue weighted by atomic mass is 10.2. The maximum absolute atomic E-state index is 12.6. The molecule has 0 aliphatic heterocycles. The summed E-state index contributed by atoms with van der Waals surface area (Å²) >= 11 is 1.34. The van der Waals surface area contributed by atoms with Crippen LogP contribution < -0.4 is 5.43 Å². The molecule has 2 aromatic heterocycles. The number of nitrogens with one attached hydrogen (secondary N) is 1. The molecule has 0 fully saturated rings. The van der Waals surface area contributed by atoms with E-state index in [9.17, 15) is 4.79 Å². The Kier molecular flexibility index (Phi) is 5.20. The van der Waals surface area contributed by atoms with Gasteiger partial charge in [0.2, 0.25) is 5.91 Å². The molecule has 0 bridgehead atoms. The lowest BCUT2D eigenvalue weighted by Gasteiger charge is -2.10. The van der Waals surface area contributed by atoms with Crippen LogP contribution in [0.25, 0.3) is 28.1 Å². The van der Waals surface area contributed by atoms with E-state index in [0.717, 1.165) is 28.1 Å². The topological polar surface area (TPSA) is 77.6 Å². The molecule has 0 radical (unpaired) electrons. The molecule has 8 heteroatoms. The zero-order valence-corrected chi connectivity index (χ0v) is 17.2. The van der Waals surface area contributed by atoms with Crippen molar-refractivity contribution < 1.29 is 4.79 Å². The predicted octanol–water partition coefficient (Wildman–Crippen LogP) is 4.15. The summed E-state index contributed by atoms with van der Waals surface area (Å²) in [6.07, 6.45) is 1.60. The first-order valence-corrected chi connectivity index (χ1v) is 10.7. The summed E-state index contributed by atoms with van der Waals surface area (Å²) in [6, 6.07) is 27.4. The van der Waals surface area contributed by atoms with Crippen LogP contribution in [0.3, 0.4) is 0 Å². The molecule has 0 aliphatic rings. The minimum absolute atomic E-state index is 0.156. The highest BCUT2D eigenvalue weighted by Gasteiger charge is 2.17. The number of fused-ring (bicyclic) bond motifs is 1. The number of benzene rings is 3. The summed E-state index contributed by atoms with van der Waals surface area (Å²) in [7, 11) is 0. The van der Waals surface area contributed by atoms with Gasteiger partial charge in [-0.25, -0.2) is 9.66 Å². The molecule has 1 amide bonds. The van der Waals surface area contributed by atoms with E-state index >= 15 is 0 Å². The van der Waals surface area contributed by atoms with E-state index in [0.29, 0.717) is 5.16 Å². The molecule has 0 unspecified atom stereocenters. The maximum atomic E-state index is 12.6. The van der Waals surface area contributed by atoms with Gasteiger partial charge in [0.1, 0.15) is 6.33 Å². The van der Waals surface area contributed by atoms with Crippen LogP contribution in [0.5, 0.6) is 0 Å². The van der Waals surface area contributed by atoms with Gasteiger partial charge in [-0.2, -0.15) is 0 Å². The normalized spacial score (nSPS) is 11.0. The van der Waals surface area contributed by atoms with Crippen LogP contribution in [-0.2, 0) is 4.79 Å². The Bertz CT molecular complexity index is 1330. The molecule has 0 saturated carbocycles. The predicted molar refractivity (Wildman–Crippen MR) is 122 cm³/mol. The molecule has 152 valence electrons. The average molecular weight is 427 g/mol. The van der Waals surface area contributed by atoms with E-state index in [-0.39, 0.29) is 11.7 Å². The first-order chi connectivity index (χ1) is 15.3. The van der Waals surface area contributed by atoms with Crippen molar-refractivity contribution in [3.8, 4) is 17.1 Å². The lowest BCUT2D eigenvalue weighted by Crippen LogP contribution is -2.23. The fourth-order valence-electron chi connectivity index (χ4n) is 3.29. The molecule has 3 aromatic carbocycles. The van der Waals surface area contributed by atoms with Crippen molar-refractivity contribution in [1.29, 1.82) is 0 Å². The van der Waals surface area contributed by atoms with Crippen LogP contribution in [0, 0.1) is 0 Å². The number of nitrogens with zero attached hydrogens (tertiary/aromatic N) is 5. The Hall–Kier alpha value is -3.91. The quantitative estimate of drug-likeness (QED) is 0.413. The van der Waals surface area contributed by atoms with Gasteiger partial charge in [-0.3, -0.25) is 14.8 Å². The number of rotatable bonds is 6. The number of amides is 1. The first kappa shape index (κ1) is 19.1. The molecule has 31 heavy (non-hydrogen) atoms. The second-order valence-corrected chi connectivity index (χ2v) is 7.71. The number of carbonyl (C=O) groups excluding carboxylic acids is 1. The number of thioether (sulfide) groups is 1. The Morgan fingerprint density at radius 3 is 2.39 bits per heavy atom. The van der Waals surface area contributed by atoms with Crippen LogP contribution in [-0.4, -0.2) is 36.1 Å². The summed E-state index contributed by atoms with van der Waals surface area (Å²) in [6.45, 7) is 0. The van der Waals surface area contributed by atoms with E-state index in [2.05, 4.69) is 20.6 Å². The van der Waals surface area contributed by atoms with Gasteiger partial charge in [0.15, 0.2) is 11.0 Å². The van der Waals surface area contributed by atoms with Crippen LogP contribution in [0.1, 0.15) is 0 Å². The molecular weight excluding hydrogens is 408 g/mol. The van der Waals surface area contributed by atoms with E-state index in [4.69, 9.17) is 0 Å². The molecule has 2 heterocycles. The van der Waals surface area contributed by atoms with Crippen molar-refractivity contribution in [2.24, 2.45) is 0 Å². The first-order valence-electron chi connectivity index (χ1n) is 9.70. The van der Waals surface area contributed by atoms with Gasteiger partial charge in [-0.05, 0) is 24.3 Å².